The van der Waals surface area contributed by atoms with Gasteiger partial charge in [-0.25, -0.2) is 4.39 Å². The molecule has 0 heterocycles. The summed E-state index contributed by atoms with van der Waals surface area (Å²) in [6, 6.07) is 13.5. The van der Waals surface area contributed by atoms with Crippen LogP contribution in [0.4, 0.5) is 4.39 Å². The summed E-state index contributed by atoms with van der Waals surface area (Å²) < 4.78 is 18.9. The van der Waals surface area contributed by atoms with Crippen LogP contribution in [0.2, 0.25) is 0 Å². The fourth-order valence-electron chi connectivity index (χ4n) is 1.65. The lowest BCUT2D eigenvalue weighted by Crippen LogP contribution is -2.12. The van der Waals surface area contributed by atoms with E-state index in [1.54, 1.807) is 42.5 Å². The fourth-order valence-corrected chi connectivity index (χ4v) is 2.42. The number of halogens is 1. The monoisotopic (exact) mass is 306 g/mol. The first-order valence-corrected chi connectivity index (χ1v) is 7.27. The summed E-state index contributed by atoms with van der Waals surface area (Å²) in [6.45, 7) is 0.460. The molecule has 0 radical (unpaired) electrons. The number of hydrogen-bond acceptors (Lipinski definition) is 4. The molecule has 21 heavy (non-hydrogen) atoms. The second kappa shape index (κ2) is 7.54. The van der Waals surface area contributed by atoms with Crippen molar-refractivity contribution in [1.82, 2.24) is 0 Å². The molecule has 0 atom stereocenters. The van der Waals surface area contributed by atoms with Crippen molar-refractivity contribution in [2.24, 2.45) is 10.9 Å². The van der Waals surface area contributed by atoms with E-state index in [-0.39, 0.29) is 11.7 Å². The minimum absolute atomic E-state index is 0.0525. The molecular weight excluding hydrogens is 291 g/mol. The topological polar surface area (TPSA) is 67.8 Å². The van der Waals surface area contributed by atoms with Crippen LogP contribution in [0.25, 0.3) is 0 Å². The highest BCUT2D eigenvalue weighted by atomic mass is 32.2. The quantitative estimate of drug-likeness (QED) is 0.215. The molecule has 2 aromatic carbocycles. The van der Waals surface area contributed by atoms with Gasteiger partial charge >= 0.3 is 0 Å². The van der Waals surface area contributed by atoms with Crippen LogP contribution in [0.5, 0.6) is 5.75 Å². The largest absolute Gasteiger partial charge is 0.493 e. The lowest BCUT2D eigenvalue weighted by Gasteiger charge is -2.07. The summed E-state index contributed by atoms with van der Waals surface area (Å²) >= 11 is 1.41. The highest BCUT2D eigenvalue weighted by molar-refractivity contribution is 7.99. The lowest BCUT2D eigenvalue weighted by atomic mass is 10.2. The summed E-state index contributed by atoms with van der Waals surface area (Å²) in [6.07, 6.45) is 0. The second-order valence-corrected chi connectivity index (χ2v) is 5.27. The zero-order valence-corrected chi connectivity index (χ0v) is 12.0. The molecule has 0 aliphatic carbocycles. The van der Waals surface area contributed by atoms with Crippen LogP contribution in [0.1, 0.15) is 5.56 Å². The number of nitrogens with two attached hydrogens (primary N) is 1. The number of ether oxygens (including phenoxy) is 1. The lowest BCUT2D eigenvalue weighted by molar-refractivity contribution is 0.318. The van der Waals surface area contributed by atoms with Gasteiger partial charge in [-0.3, -0.25) is 0 Å². The number of nitrogens with zero attached hydrogens (tertiary/aromatic N) is 1. The Bertz CT molecular complexity index is 617. The molecule has 0 saturated heterocycles. The number of rotatable bonds is 6. The molecule has 2 rings (SSSR count). The molecule has 0 unspecified atom stereocenters. The number of amidine groups is 1. The molecule has 0 bridgehead atoms. The highest BCUT2D eigenvalue weighted by Gasteiger charge is 2.02. The van der Waals surface area contributed by atoms with Gasteiger partial charge in [0.15, 0.2) is 5.84 Å². The Balaban J connectivity index is 1.80. The van der Waals surface area contributed by atoms with Gasteiger partial charge in [0, 0.05) is 16.2 Å². The van der Waals surface area contributed by atoms with Crippen molar-refractivity contribution in [3.8, 4) is 5.75 Å². The van der Waals surface area contributed by atoms with E-state index in [9.17, 15) is 4.39 Å². The Morgan fingerprint density at radius 2 is 1.90 bits per heavy atom. The molecule has 0 amide bonds. The molecule has 0 aromatic heterocycles. The molecular formula is C15H15FN2O2S. The van der Waals surface area contributed by atoms with Gasteiger partial charge in [-0.1, -0.05) is 17.3 Å². The first-order chi connectivity index (χ1) is 10.2. The minimum atomic E-state index is -0.217. The van der Waals surface area contributed by atoms with E-state index in [0.717, 1.165) is 0 Å². The molecule has 0 aliphatic rings. The fraction of sp³-hybridized carbons (Fsp3) is 0.133. The van der Waals surface area contributed by atoms with Gasteiger partial charge in [0.25, 0.3) is 0 Å². The van der Waals surface area contributed by atoms with Crippen LogP contribution in [0, 0.1) is 5.82 Å². The van der Waals surface area contributed by atoms with E-state index in [0.29, 0.717) is 28.6 Å². The van der Waals surface area contributed by atoms with Crippen LogP contribution in [0.15, 0.2) is 58.6 Å². The zero-order valence-electron chi connectivity index (χ0n) is 11.2. The molecule has 3 N–H and O–H groups in total. The van der Waals surface area contributed by atoms with Gasteiger partial charge in [0.1, 0.15) is 11.6 Å². The normalized spacial score (nSPS) is 11.4. The van der Waals surface area contributed by atoms with Gasteiger partial charge in [-0.2, -0.15) is 0 Å². The van der Waals surface area contributed by atoms with Crippen molar-refractivity contribution in [2.45, 2.75) is 4.90 Å². The van der Waals surface area contributed by atoms with Crippen LogP contribution in [0.3, 0.4) is 0 Å². The van der Waals surface area contributed by atoms with Crippen molar-refractivity contribution in [2.75, 3.05) is 12.4 Å². The second-order valence-electron chi connectivity index (χ2n) is 4.14. The third-order valence-electron chi connectivity index (χ3n) is 2.70. The summed E-state index contributed by atoms with van der Waals surface area (Å²) in [7, 11) is 0. The van der Waals surface area contributed by atoms with Crippen LogP contribution < -0.4 is 10.5 Å². The Kier molecular flexibility index (Phi) is 5.45. The molecule has 6 heteroatoms. The van der Waals surface area contributed by atoms with Gasteiger partial charge in [0.2, 0.25) is 0 Å². The van der Waals surface area contributed by atoms with Crippen molar-refractivity contribution in [3.05, 3.63) is 59.9 Å². The smallest absolute Gasteiger partial charge is 0.170 e. The first-order valence-electron chi connectivity index (χ1n) is 6.29. The SMILES string of the molecule is N/C(=N/O)c1ccc(OCCSc2ccccc2F)cc1. The van der Waals surface area contributed by atoms with Gasteiger partial charge in [0.05, 0.1) is 6.61 Å². The Morgan fingerprint density at radius 3 is 2.57 bits per heavy atom. The third-order valence-corrected chi connectivity index (χ3v) is 3.72. The summed E-state index contributed by atoms with van der Waals surface area (Å²) in [5.41, 5.74) is 6.08. The molecule has 4 nitrogen and oxygen atoms in total. The van der Waals surface area contributed by atoms with Gasteiger partial charge in [-0.05, 0) is 36.4 Å². The van der Waals surface area contributed by atoms with Crippen molar-refractivity contribution in [1.29, 1.82) is 0 Å². The highest BCUT2D eigenvalue weighted by Crippen LogP contribution is 2.21. The van der Waals surface area contributed by atoms with E-state index >= 15 is 0 Å². The standard InChI is InChI=1S/C15H15FN2O2S/c16-13-3-1-2-4-14(13)21-10-9-20-12-7-5-11(6-8-12)15(17)18-19/h1-8,19H,9-10H2,(H2,17,18). The van der Waals surface area contributed by atoms with E-state index in [2.05, 4.69) is 5.16 Å². The predicted molar refractivity (Wildman–Crippen MR) is 81.6 cm³/mol. The summed E-state index contributed by atoms with van der Waals surface area (Å²) in [5.74, 6) is 1.16. The molecule has 110 valence electrons. The maximum Gasteiger partial charge on any atom is 0.170 e. The summed E-state index contributed by atoms with van der Waals surface area (Å²) in [4.78, 5) is 0.614. The number of thioether (sulfide) groups is 1. The van der Waals surface area contributed by atoms with E-state index in [4.69, 9.17) is 15.7 Å². The summed E-state index contributed by atoms with van der Waals surface area (Å²) in [5, 5.41) is 11.5. The maximum absolute atomic E-state index is 13.4. The molecule has 0 spiro atoms. The van der Waals surface area contributed by atoms with Crippen molar-refractivity contribution in [3.63, 3.8) is 0 Å². The first kappa shape index (κ1) is 15.2. The van der Waals surface area contributed by atoms with Crippen LogP contribution in [-0.2, 0) is 0 Å². The average Bonchev–Trinajstić information content (AvgIpc) is 2.53. The van der Waals surface area contributed by atoms with E-state index in [1.807, 2.05) is 0 Å². The molecule has 0 saturated carbocycles. The van der Waals surface area contributed by atoms with Gasteiger partial charge < -0.3 is 15.7 Å². The number of benzene rings is 2. The van der Waals surface area contributed by atoms with Gasteiger partial charge in [-0.15, -0.1) is 11.8 Å². The molecule has 2 aromatic rings. The average molecular weight is 306 g/mol. The maximum atomic E-state index is 13.4. The molecule has 0 fully saturated rings. The predicted octanol–water partition coefficient (Wildman–Crippen LogP) is 3.09. The molecule has 0 aliphatic heterocycles. The third kappa shape index (κ3) is 4.39. The van der Waals surface area contributed by atoms with Crippen LogP contribution >= 0.6 is 11.8 Å². The Morgan fingerprint density at radius 1 is 1.19 bits per heavy atom. The van der Waals surface area contributed by atoms with Crippen LogP contribution in [-0.4, -0.2) is 23.4 Å². The van der Waals surface area contributed by atoms with Crippen molar-refractivity contribution >= 4 is 17.6 Å². The van der Waals surface area contributed by atoms with E-state index in [1.165, 1.54) is 17.8 Å². The zero-order chi connectivity index (χ0) is 15.1. The Labute approximate surface area is 126 Å². The minimum Gasteiger partial charge on any atom is -0.493 e. The van der Waals surface area contributed by atoms with E-state index < -0.39 is 0 Å². The number of oxime groups is 1. The Hall–Kier alpha value is -2.21. The number of hydrogen-bond donors (Lipinski definition) is 2. The van der Waals surface area contributed by atoms with Crippen molar-refractivity contribution < 1.29 is 14.3 Å².